The number of piperazine rings is 1. The van der Waals surface area contributed by atoms with Crippen molar-refractivity contribution in [2.45, 2.75) is 34.2 Å². The van der Waals surface area contributed by atoms with Crippen LogP contribution in [0.25, 0.3) is 0 Å². The fraction of sp³-hybridized carbons (Fsp3) is 0.591. The normalized spacial score (nSPS) is 28.1. The number of carboxylic acid groups (broad SMARTS) is 1. The molecule has 4 N–H and O–H groups in total. The number of carbonyl (C=O) groups is 1. The van der Waals surface area contributed by atoms with Crippen LogP contribution in [0.15, 0.2) is 32.8 Å². The Morgan fingerprint density at radius 2 is 1.88 bits per heavy atom. The standard InChI is InChI=1S/C21H30N6OS2.CH2O2/c1-25-4-6-26(7-5-25)16-9-14-12-27(13-15(14)10-17(16)28)18-11-19(24-21(22)23-18)30-20-3-2-8-29-20;2-1-3/h2-3,8,11,14-17,28H,4-7,9-10,12-13H2,1H3,(H2,22,23,24);1H,(H,2,3)/t14-,15+,16-,17-;/m1./s1. The van der Waals surface area contributed by atoms with Crippen molar-refractivity contribution in [3.63, 3.8) is 0 Å². The Morgan fingerprint density at radius 1 is 1.18 bits per heavy atom. The van der Waals surface area contributed by atoms with Crippen molar-refractivity contribution < 1.29 is 15.0 Å². The molecule has 3 aliphatic rings. The lowest BCUT2D eigenvalue weighted by Crippen LogP contribution is -2.55. The minimum atomic E-state index is -0.250. The molecule has 9 nitrogen and oxygen atoms in total. The molecule has 0 unspecified atom stereocenters. The lowest BCUT2D eigenvalue weighted by Gasteiger charge is -2.44. The van der Waals surface area contributed by atoms with Gasteiger partial charge in [0, 0.05) is 51.4 Å². The summed E-state index contributed by atoms with van der Waals surface area (Å²) in [5, 5.41) is 20.8. The van der Waals surface area contributed by atoms with Crippen molar-refractivity contribution in [3.8, 4) is 0 Å². The SMILES string of the molecule is CN1CCN([C@@H]2C[C@@H]3CN(c4cc(Sc5cccs5)nc(N)n4)C[C@@H]3C[C@H]2O)CC1.O=CO. The zero-order valence-corrected chi connectivity index (χ0v) is 20.4. The third-order valence-corrected chi connectivity index (χ3v) is 8.80. The Labute approximate surface area is 202 Å². The van der Waals surface area contributed by atoms with Crippen LogP contribution >= 0.6 is 23.1 Å². The topological polar surface area (TPSA) is 119 Å². The quantitative estimate of drug-likeness (QED) is 0.430. The molecule has 3 fully saturated rings. The van der Waals surface area contributed by atoms with E-state index in [0.717, 1.165) is 63.0 Å². The van der Waals surface area contributed by atoms with E-state index in [0.29, 0.717) is 23.8 Å². The van der Waals surface area contributed by atoms with Crippen molar-refractivity contribution >= 4 is 41.3 Å². The van der Waals surface area contributed by atoms with Crippen LogP contribution in [0.4, 0.5) is 11.8 Å². The second-order valence-corrected chi connectivity index (χ2v) is 11.2. The summed E-state index contributed by atoms with van der Waals surface area (Å²) >= 11 is 3.34. The van der Waals surface area contributed by atoms with Crippen LogP contribution in [0, 0.1) is 11.8 Å². The zero-order valence-electron chi connectivity index (χ0n) is 18.8. The molecule has 0 amide bonds. The zero-order chi connectivity index (χ0) is 23.4. The van der Waals surface area contributed by atoms with Crippen LogP contribution in [-0.4, -0.2) is 94.9 Å². The number of rotatable bonds is 4. The summed E-state index contributed by atoms with van der Waals surface area (Å²) < 4.78 is 1.20. The first-order valence-corrected chi connectivity index (χ1v) is 13.0. The number of nitrogen functional groups attached to an aromatic ring is 1. The van der Waals surface area contributed by atoms with Crippen LogP contribution in [0.1, 0.15) is 12.8 Å². The molecule has 2 aliphatic heterocycles. The molecule has 11 heteroatoms. The highest BCUT2D eigenvalue weighted by Gasteiger charge is 2.44. The highest BCUT2D eigenvalue weighted by Crippen LogP contribution is 2.40. The molecule has 2 saturated heterocycles. The fourth-order valence-electron chi connectivity index (χ4n) is 5.21. The number of aromatic nitrogens is 2. The molecule has 0 aromatic carbocycles. The summed E-state index contributed by atoms with van der Waals surface area (Å²) in [5.74, 6) is 2.37. The minimum absolute atomic E-state index is 0.227. The number of hydrogen-bond donors (Lipinski definition) is 3. The van der Waals surface area contributed by atoms with E-state index in [4.69, 9.17) is 15.6 Å². The maximum atomic E-state index is 10.9. The summed E-state index contributed by atoms with van der Waals surface area (Å²) in [5.41, 5.74) is 6.05. The number of aliphatic hydroxyl groups excluding tert-OH is 1. The van der Waals surface area contributed by atoms with Gasteiger partial charge in [-0.05, 0) is 43.2 Å². The first kappa shape index (κ1) is 24.2. The van der Waals surface area contributed by atoms with Gasteiger partial charge in [-0.15, -0.1) is 11.3 Å². The lowest BCUT2D eigenvalue weighted by molar-refractivity contribution is -0.122. The van der Waals surface area contributed by atoms with Crippen LogP contribution in [0.3, 0.4) is 0 Å². The maximum Gasteiger partial charge on any atom is 0.290 e. The van der Waals surface area contributed by atoms with Gasteiger partial charge in [0.15, 0.2) is 0 Å². The highest BCUT2D eigenvalue weighted by atomic mass is 32.2. The predicted octanol–water partition coefficient (Wildman–Crippen LogP) is 1.80. The molecule has 180 valence electrons. The first-order valence-electron chi connectivity index (χ1n) is 11.3. The Bertz CT molecular complexity index is 910. The highest BCUT2D eigenvalue weighted by molar-refractivity contribution is 8.01. The third kappa shape index (κ3) is 5.96. The second-order valence-electron chi connectivity index (χ2n) is 8.93. The summed E-state index contributed by atoms with van der Waals surface area (Å²) in [6.45, 7) is 5.98. The molecule has 0 radical (unpaired) electrons. The Kier molecular flexibility index (Phi) is 8.07. The number of thiophene rings is 1. The largest absolute Gasteiger partial charge is 0.483 e. The second kappa shape index (κ2) is 11.0. The monoisotopic (exact) mass is 492 g/mol. The van der Waals surface area contributed by atoms with Gasteiger partial charge in [-0.3, -0.25) is 9.69 Å². The minimum Gasteiger partial charge on any atom is -0.483 e. The molecule has 2 aromatic heterocycles. The van der Waals surface area contributed by atoms with Gasteiger partial charge in [-0.2, -0.15) is 4.98 Å². The summed E-state index contributed by atoms with van der Waals surface area (Å²) in [7, 11) is 2.18. The van der Waals surface area contributed by atoms with Crippen LogP contribution in [0.5, 0.6) is 0 Å². The van der Waals surface area contributed by atoms with Crippen LogP contribution < -0.4 is 10.6 Å². The smallest absolute Gasteiger partial charge is 0.290 e. The molecule has 2 aromatic rings. The van der Waals surface area contributed by atoms with Gasteiger partial charge in [0.2, 0.25) is 5.95 Å². The van der Waals surface area contributed by atoms with Crippen molar-refractivity contribution in [2.75, 3.05) is 56.9 Å². The summed E-state index contributed by atoms with van der Waals surface area (Å²) in [6, 6.07) is 6.50. The van der Waals surface area contributed by atoms with Gasteiger partial charge in [0.05, 0.1) is 10.3 Å². The number of nitrogens with zero attached hydrogens (tertiary/aromatic N) is 5. The number of fused-ring (bicyclic) bond motifs is 1. The number of aliphatic hydroxyl groups is 1. The average molecular weight is 493 g/mol. The predicted molar refractivity (Wildman–Crippen MR) is 131 cm³/mol. The molecule has 4 atom stereocenters. The fourth-order valence-corrected chi connectivity index (χ4v) is 6.93. The molecule has 1 saturated carbocycles. The van der Waals surface area contributed by atoms with E-state index in [-0.39, 0.29) is 12.6 Å². The van der Waals surface area contributed by atoms with E-state index in [1.54, 1.807) is 23.1 Å². The molecule has 0 spiro atoms. The van der Waals surface area contributed by atoms with Crippen molar-refractivity contribution in [3.05, 3.63) is 23.6 Å². The Hall–Kier alpha value is -1.92. The lowest BCUT2D eigenvalue weighted by atomic mass is 9.77. The van der Waals surface area contributed by atoms with E-state index in [1.165, 1.54) is 4.21 Å². The number of anilines is 2. The Morgan fingerprint density at radius 3 is 2.55 bits per heavy atom. The Balaban J connectivity index is 0.000000821. The van der Waals surface area contributed by atoms with Gasteiger partial charge in [0.1, 0.15) is 10.8 Å². The average Bonchev–Trinajstić information content (AvgIpc) is 3.43. The van der Waals surface area contributed by atoms with E-state index < -0.39 is 0 Å². The molecule has 4 heterocycles. The number of hydrogen-bond acceptors (Lipinski definition) is 10. The summed E-state index contributed by atoms with van der Waals surface area (Å²) in [4.78, 5) is 24.6. The van der Waals surface area contributed by atoms with Crippen molar-refractivity contribution in [2.24, 2.45) is 11.8 Å². The van der Waals surface area contributed by atoms with Crippen molar-refractivity contribution in [1.29, 1.82) is 0 Å². The maximum absolute atomic E-state index is 10.9. The molecular formula is C22H32N6O3S2. The van der Waals surface area contributed by atoms with Crippen LogP contribution in [-0.2, 0) is 4.79 Å². The van der Waals surface area contributed by atoms with Crippen molar-refractivity contribution in [1.82, 2.24) is 19.8 Å². The molecular weight excluding hydrogens is 460 g/mol. The van der Waals surface area contributed by atoms with Gasteiger partial charge in [-0.25, -0.2) is 4.98 Å². The van der Waals surface area contributed by atoms with Gasteiger partial charge in [-0.1, -0.05) is 17.8 Å². The molecule has 33 heavy (non-hydrogen) atoms. The first-order chi connectivity index (χ1) is 16.0. The molecule has 0 bridgehead atoms. The van der Waals surface area contributed by atoms with E-state index in [9.17, 15) is 5.11 Å². The van der Waals surface area contributed by atoms with Gasteiger partial charge in [0.25, 0.3) is 6.47 Å². The number of nitrogens with two attached hydrogens (primary N) is 1. The van der Waals surface area contributed by atoms with E-state index in [2.05, 4.69) is 49.2 Å². The molecule has 5 rings (SSSR count). The summed E-state index contributed by atoms with van der Waals surface area (Å²) in [6.07, 6.45) is 1.73. The molecule has 1 aliphatic carbocycles. The van der Waals surface area contributed by atoms with Crippen LogP contribution in [0.2, 0.25) is 0 Å². The number of likely N-dealkylation sites (N-methyl/N-ethyl adjacent to an activating group) is 1. The van der Waals surface area contributed by atoms with Gasteiger partial charge < -0.3 is 25.7 Å². The van der Waals surface area contributed by atoms with Gasteiger partial charge >= 0.3 is 0 Å². The van der Waals surface area contributed by atoms with E-state index in [1.807, 2.05) is 6.07 Å². The third-order valence-electron chi connectivity index (χ3n) is 6.85. The van der Waals surface area contributed by atoms with E-state index >= 15 is 0 Å².